The van der Waals surface area contributed by atoms with Crippen molar-refractivity contribution in [3.63, 3.8) is 0 Å². The van der Waals surface area contributed by atoms with Crippen molar-refractivity contribution in [2.24, 2.45) is 4.99 Å². The van der Waals surface area contributed by atoms with Gasteiger partial charge < -0.3 is 10.2 Å². The van der Waals surface area contributed by atoms with Gasteiger partial charge in [-0.05, 0) is 25.8 Å². The van der Waals surface area contributed by atoms with E-state index < -0.39 is 0 Å². The van der Waals surface area contributed by atoms with Crippen molar-refractivity contribution in [3.05, 3.63) is 68.1 Å². The van der Waals surface area contributed by atoms with Crippen molar-refractivity contribution in [1.29, 1.82) is 0 Å². The number of nitrogens with one attached hydrogen (secondary N) is 1. The van der Waals surface area contributed by atoms with Gasteiger partial charge in [0.05, 0.1) is 34.5 Å². The van der Waals surface area contributed by atoms with Crippen molar-refractivity contribution in [3.8, 4) is 0 Å². The average Bonchev–Trinajstić information content (AvgIpc) is 3.33. The van der Waals surface area contributed by atoms with E-state index in [1.54, 1.807) is 22.7 Å². The van der Waals surface area contributed by atoms with Crippen molar-refractivity contribution < 1.29 is 0 Å². The summed E-state index contributed by atoms with van der Waals surface area (Å²) in [6.07, 6.45) is 2.00. The number of hydrogen-bond acceptors (Lipinski definition) is 5. The molecule has 0 amide bonds. The zero-order chi connectivity index (χ0) is 19.8. The van der Waals surface area contributed by atoms with Crippen molar-refractivity contribution in [2.75, 3.05) is 13.6 Å². The number of guanidine groups is 1. The Kier molecular flexibility index (Phi) is 10.0. The third kappa shape index (κ3) is 7.67. The summed E-state index contributed by atoms with van der Waals surface area (Å²) in [4.78, 5) is 16.2. The van der Waals surface area contributed by atoms with Crippen molar-refractivity contribution in [2.45, 2.75) is 39.8 Å². The summed E-state index contributed by atoms with van der Waals surface area (Å²) in [5, 5.41) is 9.85. The number of benzene rings is 1. The molecule has 2 heterocycles. The highest BCUT2D eigenvalue weighted by Gasteiger charge is 2.09. The molecule has 0 radical (unpaired) electrons. The maximum atomic E-state index is 4.77. The normalized spacial score (nSPS) is 11.2. The van der Waals surface area contributed by atoms with Crippen LogP contribution in [0.25, 0.3) is 0 Å². The van der Waals surface area contributed by atoms with Gasteiger partial charge in [-0.25, -0.2) is 15.0 Å². The van der Waals surface area contributed by atoms with Crippen LogP contribution < -0.4 is 5.32 Å². The van der Waals surface area contributed by atoms with Gasteiger partial charge in [-0.1, -0.05) is 30.3 Å². The molecular weight excluding hydrogens is 513 g/mol. The molecule has 1 N–H and O–H groups in total. The van der Waals surface area contributed by atoms with Gasteiger partial charge in [0.25, 0.3) is 0 Å². The third-order valence-corrected chi connectivity index (χ3v) is 6.00. The van der Waals surface area contributed by atoms with Crippen LogP contribution in [0, 0.1) is 6.92 Å². The second kappa shape index (κ2) is 12.2. The fourth-order valence-electron chi connectivity index (χ4n) is 2.86. The van der Waals surface area contributed by atoms with Crippen LogP contribution in [0.1, 0.15) is 33.9 Å². The van der Waals surface area contributed by atoms with Gasteiger partial charge in [0, 0.05) is 30.8 Å². The summed E-state index contributed by atoms with van der Waals surface area (Å²) >= 11 is 3.41. The summed E-state index contributed by atoms with van der Waals surface area (Å²) in [6, 6.07) is 10.6. The Hall–Kier alpha value is -1.52. The van der Waals surface area contributed by atoms with E-state index in [9.17, 15) is 0 Å². The highest BCUT2D eigenvalue weighted by molar-refractivity contribution is 14.0. The molecule has 5 nitrogen and oxygen atoms in total. The SMILES string of the molecule is CCNC(=NCc1csc(CCc2ccccc2)n1)N(C)Cc1csc(C)n1.I. The number of thiazole rings is 2. The van der Waals surface area contributed by atoms with Crippen LogP contribution in [0.3, 0.4) is 0 Å². The minimum absolute atomic E-state index is 0. The fourth-order valence-corrected chi connectivity index (χ4v) is 4.25. The molecule has 3 aromatic rings. The molecule has 3 rings (SSSR count). The van der Waals surface area contributed by atoms with Crippen LogP contribution in [0.5, 0.6) is 0 Å². The number of aryl methyl sites for hydroxylation is 3. The highest BCUT2D eigenvalue weighted by atomic mass is 127. The number of nitrogens with zero attached hydrogens (tertiary/aromatic N) is 4. The molecule has 8 heteroatoms. The standard InChI is InChI=1S/C21H27N5S2.HI/c1-4-22-21(26(3)13-19-15-27-16(2)24-19)23-12-18-14-28-20(25-18)11-10-17-8-6-5-7-9-17;/h5-9,14-15H,4,10-13H2,1-3H3,(H,22,23);1H. The molecule has 2 aromatic heterocycles. The minimum Gasteiger partial charge on any atom is -0.357 e. The number of hydrogen-bond donors (Lipinski definition) is 1. The van der Waals surface area contributed by atoms with Crippen LogP contribution in [-0.4, -0.2) is 34.4 Å². The predicted molar refractivity (Wildman–Crippen MR) is 135 cm³/mol. The number of rotatable bonds is 8. The van der Waals surface area contributed by atoms with Gasteiger partial charge in [0.1, 0.15) is 0 Å². The first kappa shape index (κ1) is 23.8. The maximum Gasteiger partial charge on any atom is 0.194 e. The Morgan fingerprint density at radius 2 is 1.83 bits per heavy atom. The smallest absolute Gasteiger partial charge is 0.194 e. The summed E-state index contributed by atoms with van der Waals surface area (Å²) in [5.74, 6) is 0.881. The summed E-state index contributed by atoms with van der Waals surface area (Å²) in [7, 11) is 2.04. The maximum absolute atomic E-state index is 4.77. The van der Waals surface area contributed by atoms with Crippen molar-refractivity contribution >= 4 is 52.6 Å². The Morgan fingerprint density at radius 1 is 1.07 bits per heavy atom. The van der Waals surface area contributed by atoms with E-state index in [1.807, 2.05) is 14.0 Å². The molecule has 0 unspecified atom stereocenters. The van der Waals surface area contributed by atoms with Gasteiger partial charge in [-0.3, -0.25) is 0 Å². The zero-order valence-corrected chi connectivity index (χ0v) is 21.1. The summed E-state index contributed by atoms with van der Waals surface area (Å²) in [5.41, 5.74) is 3.46. The van der Waals surface area contributed by atoms with Crippen LogP contribution in [0.2, 0.25) is 0 Å². The first-order valence-corrected chi connectivity index (χ1v) is 11.3. The van der Waals surface area contributed by atoms with E-state index in [1.165, 1.54) is 10.6 Å². The lowest BCUT2D eigenvalue weighted by atomic mass is 10.1. The molecule has 0 spiro atoms. The Bertz CT molecular complexity index is 891. The zero-order valence-electron chi connectivity index (χ0n) is 17.1. The molecule has 0 saturated heterocycles. The fraction of sp³-hybridized carbons (Fsp3) is 0.381. The van der Waals surface area contributed by atoms with E-state index in [0.29, 0.717) is 6.54 Å². The number of aliphatic imine (C=N–C) groups is 1. The first-order valence-electron chi connectivity index (χ1n) is 9.51. The minimum atomic E-state index is 0. The lowest BCUT2D eigenvalue weighted by Gasteiger charge is -2.21. The molecule has 29 heavy (non-hydrogen) atoms. The topological polar surface area (TPSA) is 53.4 Å². The lowest BCUT2D eigenvalue weighted by molar-refractivity contribution is 0.470. The van der Waals surface area contributed by atoms with E-state index >= 15 is 0 Å². The predicted octanol–water partition coefficient (Wildman–Crippen LogP) is 4.91. The molecule has 1 aromatic carbocycles. The van der Waals surface area contributed by atoms with E-state index in [-0.39, 0.29) is 24.0 Å². The molecule has 0 aliphatic heterocycles. The molecule has 0 atom stereocenters. The van der Waals surface area contributed by atoms with Crippen LogP contribution in [0.15, 0.2) is 46.1 Å². The second-order valence-corrected chi connectivity index (χ2v) is 8.61. The molecule has 0 aliphatic carbocycles. The number of halogens is 1. The molecule has 0 bridgehead atoms. The molecule has 0 fully saturated rings. The van der Waals surface area contributed by atoms with Gasteiger partial charge in [0.15, 0.2) is 5.96 Å². The molecular formula is C21H28IN5S2. The third-order valence-electron chi connectivity index (χ3n) is 4.22. The van der Waals surface area contributed by atoms with Gasteiger partial charge in [-0.15, -0.1) is 46.7 Å². The Balaban J connectivity index is 0.00000300. The molecule has 0 aliphatic rings. The van der Waals surface area contributed by atoms with Gasteiger partial charge >= 0.3 is 0 Å². The monoisotopic (exact) mass is 541 g/mol. The second-order valence-electron chi connectivity index (χ2n) is 6.60. The van der Waals surface area contributed by atoms with Crippen molar-refractivity contribution in [1.82, 2.24) is 20.2 Å². The lowest BCUT2D eigenvalue weighted by Crippen LogP contribution is -2.38. The van der Waals surface area contributed by atoms with E-state index in [4.69, 9.17) is 9.98 Å². The first-order chi connectivity index (χ1) is 13.6. The van der Waals surface area contributed by atoms with Crippen LogP contribution >= 0.6 is 46.7 Å². The Labute approximate surface area is 198 Å². The summed E-state index contributed by atoms with van der Waals surface area (Å²) < 4.78 is 0. The molecule has 156 valence electrons. The Morgan fingerprint density at radius 3 is 2.52 bits per heavy atom. The van der Waals surface area contributed by atoms with E-state index in [0.717, 1.165) is 48.3 Å². The van der Waals surface area contributed by atoms with Gasteiger partial charge in [-0.2, -0.15) is 0 Å². The van der Waals surface area contributed by atoms with E-state index in [2.05, 4.69) is 63.2 Å². The van der Waals surface area contributed by atoms with Crippen LogP contribution in [0.4, 0.5) is 0 Å². The van der Waals surface area contributed by atoms with Crippen LogP contribution in [-0.2, 0) is 25.9 Å². The average molecular weight is 542 g/mol. The highest BCUT2D eigenvalue weighted by Crippen LogP contribution is 2.14. The van der Waals surface area contributed by atoms with Gasteiger partial charge in [0.2, 0.25) is 0 Å². The number of aromatic nitrogens is 2. The summed E-state index contributed by atoms with van der Waals surface area (Å²) in [6.45, 7) is 6.28. The largest absolute Gasteiger partial charge is 0.357 e. The quantitative estimate of drug-likeness (QED) is 0.250. The molecule has 0 saturated carbocycles.